The van der Waals surface area contributed by atoms with Gasteiger partial charge in [-0.2, -0.15) is 4.98 Å². The van der Waals surface area contributed by atoms with Crippen molar-refractivity contribution in [1.82, 2.24) is 14.6 Å². The maximum atomic E-state index is 11.6. The van der Waals surface area contributed by atoms with E-state index in [2.05, 4.69) is 15.4 Å². The summed E-state index contributed by atoms with van der Waals surface area (Å²) in [5.74, 6) is -0.568. The topological polar surface area (TPSA) is 96.6 Å². The molecule has 1 unspecified atom stereocenters. The first-order valence-electron chi connectivity index (χ1n) is 8.41. The highest BCUT2D eigenvalue weighted by Crippen LogP contribution is 2.26. The van der Waals surface area contributed by atoms with Crippen molar-refractivity contribution in [3.05, 3.63) is 72.4 Å². The Morgan fingerprint density at radius 1 is 1.07 bits per heavy atom. The van der Waals surface area contributed by atoms with E-state index in [1.165, 1.54) is 12.1 Å². The third kappa shape index (κ3) is 3.49. The average Bonchev–Trinajstić information content (AvgIpc) is 3.11. The van der Waals surface area contributed by atoms with E-state index in [0.717, 1.165) is 16.0 Å². The number of fused-ring (bicyclic) bond motifs is 1. The number of nitrogens with zero attached hydrogens (tertiary/aromatic N) is 3. The summed E-state index contributed by atoms with van der Waals surface area (Å²) in [5, 5.41) is 16.5. The molecule has 2 aromatic heterocycles. The highest BCUT2D eigenvalue weighted by Gasteiger charge is 2.11. The molecule has 0 aliphatic carbocycles. The van der Waals surface area contributed by atoms with E-state index in [9.17, 15) is 9.00 Å². The molecular formula is C20H16N4O3S. The van der Waals surface area contributed by atoms with Gasteiger partial charge in [0.25, 0.3) is 0 Å². The van der Waals surface area contributed by atoms with Crippen LogP contribution in [0.4, 0.5) is 11.6 Å². The van der Waals surface area contributed by atoms with E-state index in [4.69, 9.17) is 5.11 Å². The van der Waals surface area contributed by atoms with Gasteiger partial charge >= 0.3 is 5.97 Å². The molecule has 0 aliphatic heterocycles. The number of carbonyl (C=O) groups is 1. The predicted octanol–water partition coefficient (Wildman–Crippen LogP) is 3.58. The van der Waals surface area contributed by atoms with Crippen LogP contribution in [0.15, 0.2) is 71.8 Å². The Morgan fingerprint density at radius 2 is 1.79 bits per heavy atom. The second-order valence-electron chi connectivity index (χ2n) is 6.11. The van der Waals surface area contributed by atoms with Gasteiger partial charge in [-0.3, -0.25) is 4.21 Å². The number of hydrogen-bond acceptors (Lipinski definition) is 5. The van der Waals surface area contributed by atoms with E-state index in [-0.39, 0.29) is 5.56 Å². The molecule has 4 rings (SSSR count). The Labute approximate surface area is 163 Å². The normalized spacial score (nSPS) is 12.0. The summed E-state index contributed by atoms with van der Waals surface area (Å²) in [7, 11) is -1.02. The number of benzene rings is 2. The lowest BCUT2D eigenvalue weighted by molar-refractivity contribution is 0.0697. The van der Waals surface area contributed by atoms with Crippen LogP contribution in [-0.2, 0) is 10.8 Å². The summed E-state index contributed by atoms with van der Waals surface area (Å²) in [4.78, 5) is 16.3. The van der Waals surface area contributed by atoms with Gasteiger partial charge in [-0.05, 0) is 54.1 Å². The van der Waals surface area contributed by atoms with Crippen molar-refractivity contribution in [2.75, 3.05) is 11.6 Å². The van der Waals surface area contributed by atoms with Crippen LogP contribution in [0.5, 0.6) is 0 Å². The van der Waals surface area contributed by atoms with Gasteiger partial charge in [0.15, 0.2) is 5.65 Å². The van der Waals surface area contributed by atoms with Crippen LogP contribution in [0.2, 0.25) is 0 Å². The molecule has 2 N–H and O–H groups in total. The molecule has 0 amide bonds. The largest absolute Gasteiger partial charge is 0.478 e. The molecule has 4 aromatic rings. The van der Waals surface area contributed by atoms with Crippen LogP contribution in [0, 0.1) is 0 Å². The molecular weight excluding hydrogens is 376 g/mol. The fourth-order valence-electron chi connectivity index (χ4n) is 2.84. The molecule has 0 radical (unpaired) electrons. The first-order valence-corrected chi connectivity index (χ1v) is 9.97. The Bertz CT molecular complexity index is 1180. The maximum Gasteiger partial charge on any atom is 0.335 e. The van der Waals surface area contributed by atoms with Gasteiger partial charge in [-0.1, -0.05) is 12.1 Å². The van der Waals surface area contributed by atoms with Gasteiger partial charge in [0.2, 0.25) is 5.95 Å². The fraction of sp³-hybridized carbons (Fsp3) is 0.0500. The SMILES string of the molecule is CS(=O)c1ccc(-c2cccn3nc(Nc4ccc(C(=O)O)cc4)nc23)cc1. The Morgan fingerprint density at radius 3 is 2.43 bits per heavy atom. The number of aromatic nitrogens is 3. The van der Waals surface area contributed by atoms with Crippen molar-refractivity contribution < 1.29 is 14.1 Å². The van der Waals surface area contributed by atoms with Crippen molar-refractivity contribution in [3.63, 3.8) is 0 Å². The third-order valence-electron chi connectivity index (χ3n) is 4.25. The zero-order valence-electron chi connectivity index (χ0n) is 14.9. The maximum absolute atomic E-state index is 11.6. The van der Waals surface area contributed by atoms with Crippen LogP contribution in [0.25, 0.3) is 16.8 Å². The molecule has 0 saturated carbocycles. The molecule has 2 heterocycles. The summed E-state index contributed by atoms with van der Waals surface area (Å²) in [6, 6.07) is 17.7. The van der Waals surface area contributed by atoms with Gasteiger partial charge in [0.1, 0.15) is 0 Å². The lowest BCUT2D eigenvalue weighted by Gasteiger charge is -2.04. The minimum Gasteiger partial charge on any atom is -0.478 e. The summed E-state index contributed by atoms with van der Waals surface area (Å²) in [6.07, 6.45) is 3.45. The standard InChI is InChI=1S/C20H16N4O3S/c1-28(27)16-10-6-13(7-11-16)17-3-2-12-24-18(17)22-20(23-24)21-15-8-4-14(5-9-15)19(25)26/h2-12H,1H3,(H,21,23)(H,25,26). The average molecular weight is 392 g/mol. The number of aromatic carboxylic acids is 1. The number of pyridine rings is 1. The van der Waals surface area contributed by atoms with Crippen molar-refractivity contribution >= 4 is 34.1 Å². The fourth-order valence-corrected chi connectivity index (χ4v) is 3.36. The molecule has 8 heteroatoms. The summed E-state index contributed by atoms with van der Waals surface area (Å²) in [6.45, 7) is 0. The van der Waals surface area contributed by atoms with Crippen LogP contribution in [-0.4, -0.2) is 36.1 Å². The van der Waals surface area contributed by atoms with Crippen LogP contribution < -0.4 is 5.32 Å². The highest BCUT2D eigenvalue weighted by atomic mass is 32.2. The van der Waals surface area contributed by atoms with Gasteiger partial charge in [0.05, 0.1) is 5.56 Å². The Hall–Kier alpha value is -3.52. The molecule has 0 aliphatic rings. The minimum atomic E-state index is -1.02. The second-order valence-corrected chi connectivity index (χ2v) is 7.49. The smallest absolute Gasteiger partial charge is 0.335 e. The minimum absolute atomic E-state index is 0.215. The van der Waals surface area contributed by atoms with Crippen LogP contribution in [0.1, 0.15) is 10.4 Å². The molecule has 0 fully saturated rings. The summed E-state index contributed by atoms with van der Waals surface area (Å²) < 4.78 is 13.3. The summed E-state index contributed by atoms with van der Waals surface area (Å²) >= 11 is 0. The second kappa shape index (κ2) is 7.24. The van der Waals surface area contributed by atoms with E-state index >= 15 is 0 Å². The van der Waals surface area contributed by atoms with Crippen LogP contribution >= 0.6 is 0 Å². The Balaban J connectivity index is 1.66. The van der Waals surface area contributed by atoms with E-state index in [1.54, 1.807) is 29.1 Å². The molecule has 2 aromatic carbocycles. The Kier molecular flexibility index (Phi) is 4.62. The van der Waals surface area contributed by atoms with Crippen LogP contribution in [0.3, 0.4) is 0 Å². The van der Waals surface area contributed by atoms with Crippen molar-refractivity contribution in [2.45, 2.75) is 4.90 Å². The van der Waals surface area contributed by atoms with Crippen molar-refractivity contribution in [3.8, 4) is 11.1 Å². The first kappa shape index (κ1) is 17.9. The lowest BCUT2D eigenvalue weighted by Crippen LogP contribution is -1.97. The van der Waals surface area contributed by atoms with Gasteiger partial charge < -0.3 is 10.4 Å². The molecule has 1 atom stereocenters. The molecule has 140 valence electrons. The quantitative estimate of drug-likeness (QED) is 0.539. The summed E-state index contributed by atoms with van der Waals surface area (Å²) in [5.41, 5.74) is 3.43. The number of rotatable bonds is 5. The first-order chi connectivity index (χ1) is 13.5. The lowest BCUT2D eigenvalue weighted by atomic mass is 10.1. The molecule has 0 spiro atoms. The van der Waals surface area contributed by atoms with E-state index in [0.29, 0.717) is 17.3 Å². The zero-order valence-corrected chi connectivity index (χ0v) is 15.7. The predicted molar refractivity (Wildman–Crippen MR) is 107 cm³/mol. The van der Waals surface area contributed by atoms with Crippen molar-refractivity contribution in [2.24, 2.45) is 0 Å². The molecule has 0 bridgehead atoms. The van der Waals surface area contributed by atoms with E-state index < -0.39 is 16.8 Å². The zero-order chi connectivity index (χ0) is 19.7. The number of anilines is 2. The number of carboxylic acid groups (broad SMARTS) is 1. The van der Waals surface area contributed by atoms with E-state index in [1.807, 2.05) is 36.4 Å². The van der Waals surface area contributed by atoms with Gasteiger partial charge in [-0.15, -0.1) is 5.10 Å². The highest BCUT2D eigenvalue weighted by molar-refractivity contribution is 7.84. The third-order valence-corrected chi connectivity index (χ3v) is 5.18. The van der Waals surface area contributed by atoms with Crippen molar-refractivity contribution in [1.29, 1.82) is 0 Å². The molecule has 28 heavy (non-hydrogen) atoms. The monoisotopic (exact) mass is 392 g/mol. The van der Waals surface area contributed by atoms with Gasteiger partial charge in [0, 0.05) is 39.4 Å². The molecule has 7 nitrogen and oxygen atoms in total. The number of carboxylic acids is 1. The van der Waals surface area contributed by atoms with Gasteiger partial charge in [-0.25, -0.2) is 9.31 Å². The molecule has 0 saturated heterocycles. The number of nitrogens with one attached hydrogen (secondary N) is 1. The number of hydrogen-bond donors (Lipinski definition) is 2.